The zero-order chi connectivity index (χ0) is 15.4. The second kappa shape index (κ2) is 7.20. The lowest BCUT2D eigenvalue weighted by Gasteiger charge is -2.26. The molecule has 0 radical (unpaired) electrons. The van der Waals surface area contributed by atoms with Gasteiger partial charge in [0.1, 0.15) is 11.5 Å². The fraction of sp³-hybridized carbons (Fsp3) is 0.733. The number of aryl methyl sites for hydroxylation is 2. The highest BCUT2D eigenvalue weighted by Gasteiger charge is 2.21. The maximum Gasteiger partial charge on any atom is 0.232 e. The quantitative estimate of drug-likeness (QED) is 0.905. The number of aromatic nitrogens is 1. The molecule has 0 spiro atoms. The van der Waals surface area contributed by atoms with Crippen LogP contribution in [0.4, 0.5) is 0 Å². The van der Waals surface area contributed by atoms with Crippen LogP contribution < -0.4 is 5.32 Å². The average molecular weight is 312 g/mol. The van der Waals surface area contributed by atoms with Gasteiger partial charge in [-0.25, -0.2) is 0 Å². The van der Waals surface area contributed by atoms with Crippen molar-refractivity contribution >= 4 is 16.7 Å². The predicted octanol–water partition coefficient (Wildman–Crippen LogP) is 2.24. The van der Waals surface area contributed by atoms with Crippen molar-refractivity contribution in [1.82, 2.24) is 10.5 Å². The standard InChI is InChI=1S/C15H24N2O3S/c1-10-4-6-13(7-5-10)16-15(18)9-21(19)8-14-11(2)17-20-12(14)3/h10,13H,4-9H2,1-3H3,(H,16,18). The topological polar surface area (TPSA) is 72.2 Å². The molecule has 1 aromatic heterocycles. The maximum atomic E-state index is 12.1. The first-order chi connectivity index (χ1) is 9.95. The molecule has 2 rings (SSSR count). The van der Waals surface area contributed by atoms with Crippen molar-refractivity contribution in [2.75, 3.05) is 5.75 Å². The molecule has 1 amide bonds. The number of hydrogen-bond acceptors (Lipinski definition) is 4. The molecule has 1 N–H and O–H groups in total. The summed E-state index contributed by atoms with van der Waals surface area (Å²) in [4.78, 5) is 12.0. The van der Waals surface area contributed by atoms with Crippen LogP contribution in [0.25, 0.3) is 0 Å². The number of amides is 1. The number of nitrogens with one attached hydrogen (secondary N) is 1. The summed E-state index contributed by atoms with van der Waals surface area (Å²) in [6.07, 6.45) is 4.38. The Morgan fingerprint density at radius 3 is 2.57 bits per heavy atom. The molecule has 21 heavy (non-hydrogen) atoms. The Morgan fingerprint density at radius 2 is 2.00 bits per heavy atom. The van der Waals surface area contributed by atoms with Crippen LogP contribution in [0, 0.1) is 19.8 Å². The monoisotopic (exact) mass is 312 g/mol. The third-order valence-corrected chi connectivity index (χ3v) is 5.35. The van der Waals surface area contributed by atoms with Gasteiger partial charge in [-0.05, 0) is 45.4 Å². The minimum atomic E-state index is -1.22. The van der Waals surface area contributed by atoms with Crippen molar-refractivity contribution in [3.8, 4) is 0 Å². The molecule has 1 saturated carbocycles. The highest BCUT2D eigenvalue weighted by atomic mass is 32.2. The second-order valence-corrected chi connectivity index (χ2v) is 7.51. The Hall–Kier alpha value is -1.17. The maximum absolute atomic E-state index is 12.1. The minimum absolute atomic E-state index is 0.0517. The van der Waals surface area contributed by atoms with E-state index in [1.807, 2.05) is 6.92 Å². The van der Waals surface area contributed by atoms with Crippen molar-refractivity contribution in [2.45, 2.75) is 58.2 Å². The zero-order valence-electron chi connectivity index (χ0n) is 13.0. The SMILES string of the molecule is Cc1noc(C)c1CS(=O)CC(=O)NC1CCC(C)CC1. The number of rotatable bonds is 5. The summed E-state index contributed by atoms with van der Waals surface area (Å²) in [5, 5.41) is 6.85. The average Bonchev–Trinajstić information content (AvgIpc) is 2.73. The van der Waals surface area contributed by atoms with Gasteiger partial charge in [-0.2, -0.15) is 0 Å². The van der Waals surface area contributed by atoms with Gasteiger partial charge in [-0.3, -0.25) is 9.00 Å². The Bertz CT molecular complexity index is 499. The van der Waals surface area contributed by atoms with E-state index < -0.39 is 10.8 Å². The lowest BCUT2D eigenvalue weighted by atomic mass is 9.87. The third kappa shape index (κ3) is 4.66. The fourth-order valence-corrected chi connectivity index (χ4v) is 3.95. The van der Waals surface area contributed by atoms with Gasteiger partial charge >= 0.3 is 0 Å². The second-order valence-electron chi connectivity index (χ2n) is 6.06. The Morgan fingerprint density at radius 1 is 1.33 bits per heavy atom. The number of nitrogens with zero attached hydrogens (tertiary/aromatic N) is 1. The lowest BCUT2D eigenvalue weighted by molar-refractivity contribution is -0.119. The molecule has 1 aromatic rings. The molecule has 0 aliphatic heterocycles. The molecular formula is C15H24N2O3S. The van der Waals surface area contributed by atoms with E-state index >= 15 is 0 Å². The van der Waals surface area contributed by atoms with Crippen LogP contribution in [0.1, 0.15) is 49.6 Å². The molecule has 0 bridgehead atoms. The third-order valence-electron chi connectivity index (χ3n) is 4.16. The summed E-state index contributed by atoms with van der Waals surface area (Å²) in [7, 11) is -1.22. The van der Waals surface area contributed by atoms with E-state index in [1.54, 1.807) is 6.92 Å². The van der Waals surface area contributed by atoms with E-state index in [2.05, 4.69) is 17.4 Å². The first kappa shape index (κ1) is 16.2. The Balaban J connectivity index is 1.78. The van der Waals surface area contributed by atoms with Crippen molar-refractivity contribution in [3.63, 3.8) is 0 Å². The smallest absolute Gasteiger partial charge is 0.232 e. The lowest BCUT2D eigenvalue weighted by Crippen LogP contribution is -2.39. The Kier molecular flexibility index (Phi) is 5.56. The molecule has 6 heteroatoms. The first-order valence-corrected chi connectivity index (χ1v) is 9.00. The number of carbonyl (C=O) groups is 1. The summed E-state index contributed by atoms with van der Waals surface area (Å²) < 4.78 is 17.1. The van der Waals surface area contributed by atoms with Gasteiger partial charge in [0, 0.05) is 22.4 Å². The van der Waals surface area contributed by atoms with Crippen LogP contribution in [0.2, 0.25) is 0 Å². The summed E-state index contributed by atoms with van der Waals surface area (Å²) >= 11 is 0. The Labute approximate surface area is 128 Å². The molecule has 1 aliphatic rings. The van der Waals surface area contributed by atoms with Crippen molar-refractivity contribution in [3.05, 3.63) is 17.0 Å². The van der Waals surface area contributed by atoms with Gasteiger partial charge in [-0.15, -0.1) is 0 Å². The highest BCUT2D eigenvalue weighted by Crippen LogP contribution is 2.23. The van der Waals surface area contributed by atoms with Crippen LogP contribution in [0.5, 0.6) is 0 Å². The molecular weight excluding hydrogens is 288 g/mol. The van der Waals surface area contributed by atoms with Crippen LogP contribution in [-0.4, -0.2) is 27.1 Å². The molecule has 1 atom stereocenters. The minimum Gasteiger partial charge on any atom is -0.361 e. The summed E-state index contributed by atoms with van der Waals surface area (Å²) in [6.45, 7) is 5.87. The van der Waals surface area contributed by atoms with Crippen molar-refractivity contribution in [1.29, 1.82) is 0 Å². The predicted molar refractivity (Wildman–Crippen MR) is 82.3 cm³/mol. The molecule has 1 heterocycles. The molecule has 0 saturated heterocycles. The fourth-order valence-electron chi connectivity index (χ4n) is 2.74. The molecule has 0 aromatic carbocycles. The van der Waals surface area contributed by atoms with E-state index in [-0.39, 0.29) is 17.7 Å². The van der Waals surface area contributed by atoms with Crippen LogP contribution >= 0.6 is 0 Å². The van der Waals surface area contributed by atoms with Crippen LogP contribution in [0.3, 0.4) is 0 Å². The van der Waals surface area contributed by atoms with E-state index in [1.165, 1.54) is 0 Å². The molecule has 1 fully saturated rings. The van der Waals surface area contributed by atoms with Gasteiger partial charge in [0.25, 0.3) is 0 Å². The van der Waals surface area contributed by atoms with Gasteiger partial charge in [0.15, 0.2) is 0 Å². The molecule has 1 unspecified atom stereocenters. The van der Waals surface area contributed by atoms with Crippen LogP contribution in [-0.2, 0) is 21.3 Å². The zero-order valence-corrected chi connectivity index (χ0v) is 13.8. The highest BCUT2D eigenvalue weighted by molar-refractivity contribution is 7.84. The van der Waals surface area contributed by atoms with Gasteiger partial charge < -0.3 is 9.84 Å². The molecule has 118 valence electrons. The van der Waals surface area contributed by atoms with Gasteiger partial charge in [0.05, 0.1) is 11.4 Å². The van der Waals surface area contributed by atoms with Crippen LogP contribution in [0.15, 0.2) is 4.52 Å². The summed E-state index contributed by atoms with van der Waals surface area (Å²) in [5.74, 6) is 1.71. The van der Waals surface area contributed by atoms with Gasteiger partial charge in [-0.1, -0.05) is 12.1 Å². The normalized spacial score (nSPS) is 23.8. The van der Waals surface area contributed by atoms with E-state index in [9.17, 15) is 9.00 Å². The molecule has 1 aliphatic carbocycles. The summed E-state index contributed by atoms with van der Waals surface area (Å²) in [5.41, 5.74) is 1.61. The van der Waals surface area contributed by atoms with Gasteiger partial charge in [0.2, 0.25) is 5.91 Å². The number of hydrogen-bond donors (Lipinski definition) is 1. The summed E-state index contributed by atoms with van der Waals surface area (Å²) in [6, 6.07) is 0.254. The number of carbonyl (C=O) groups excluding carboxylic acids is 1. The van der Waals surface area contributed by atoms with Crippen molar-refractivity contribution < 1.29 is 13.5 Å². The largest absolute Gasteiger partial charge is 0.361 e. The van der Waals surface area contributed by atoms with Crippen molar-refractivity contribution in [2.24, 2.45) is 5.92 Å². The first-order valence-electron chi connectivity index (χ1n) is 7.51. The van der Waals surface area contributed by atoms with E-state index in [4.69, 9.17) is 4.52 Å². The van der Waals surface area contributed by atoms with E-state index in [0.29, 0.717) is 11.5 Å². The van der Waals surface area contributed by atoms with E-state index in [0.717, 1.165) is 42.9 Å². The molecule has 5 nitrogen and oxygen atoms in total.